The van der Waals surface area contributed by atoms with Gasteiger partial charge in [0.05, 0.1) is 13.2 Å². The fraction of sp³-hybridized carbons (Fsp3) is 0.333. The first kappa shape index (κ1) is 25.4. The van der Waals surface area contributed by atoms with E-state index in [-0.39, 0.29) is 26.2 Å². The topological polar surface area (TPSA) is 123 Å². The molecule has 176 valence electrons. The van der Waals surface area contributed by atoms with Crippen molar-refractivity contribution in [2.45, 2.75) is 39.0 Å². The number of ether oxygens (including phenoxy) is 2. The summed E-state index contributed by atoms with van der Waals surface area (Å²) in [5, 5.41) is 7.41. The zero-order valence-electron chi connectivity index (χ0n) is 18.7. The van der Waals surface area contributed by atoms with E-state index in [0.29, 0.717) is 0 Å². The lowest BCUT2D eigenvalue weighted by molar-refractivity contribution is -0.147. The second-order valence-corrected chi connectivity index (χ2v) is 7.21. The van der Waals surface area contributed by atoms with Crippen LogP contribution in [0.5, 0.6) is 0 Å². The molecule has 0 aromatic heterocycles. The van der Waals surface area contributed by atoms with Gasteiger partial charge in [-0.25, -0.2) is 9.59 Å². The lowest BCUT2D eigenvalue weighted by Gasteiger charge is -2.18. The smallest absolute Gasteiger partial charge is 0.408 e. The van der Waals surface area contributed by atoms with Gasteiger partial charge in [-0.1, -0.05) is 60.7 Å². The summed E-state index contributed by atoms with van der Waals surface area (Å²) >= 11 is 0. The summed E-state index contributed by atoms with van der Waals surface area (Å²) in [5.74, 6) is -1.69. The Hall–Kier alpha value is -3.88. The van der Waals surface area contributed by atoms with Crippen LogP contribution in [-0.4, -0.2) is 49.1 Å². The Bertz CT molecular complexity index is 920. The standard InChI is InChI=1S/C24H29N3O6/c1-3-32-23(30)20(14-18-10-6-4-7-11-18)27-21(28)15-25-22(29)17(2)26-24(31)33-16-19-12-8-5-9-13-19/h4-13,17,20H,3,14-16H2,1-2H3,(H,25,29)(H,26,31)(H,27,28)/t17-,20+/m1/s1. The van der Waals surface area contributed by atoms with Crippen LogP contribution in [0.3, 0.4) is 0 Å². The molecule has 0 radical (unpaired) electrons. The maximum atomic E-state index is 12.3. The van der Waals surface area contributed by atoms with Gasteiger partial charge < -0.3 is 25.4 Å². The van der Waals surface area contributed by atoms with Crippen LogP contribution in [0.4, 0.5) is 4.79 Å². The third-order valence-corrected chi connectivity index (χ3v) is 4.55. The Kier molecular flexibility index (Phi) is 10.4. The first-order valence-electron chi connectivity index (χ1n) is 10.6. The molecule has 0 spiro atoms. The van der Waals surface area contributed by atoms with E-state index in [4.69, 9.17) is 9.47 Å². The van der Waals surface area contributed by atoms with Gasteiger partial charge in [-0.3, -0.25) is 9.59 Å². The molecule has 0 saturated heterocycles. The zero-order valence-corrected chi connectivity index (χ0v) is 18.7. The van der Waals surface area contributed by atoms with Crippen molar-refractivity contribution in [3.63, 3.8) is 0 Å². The number of alkyl carbamates (subject to hydrolysis) is 1. The molecule has 0 aliphatic carbocycles. The number of nitrogens with one attached hydrogen (secondary N) is 3. The van der Waals surface area contributed by atoms with E-state index in [2.05, 4.69) is 16.0 Å². The van der Waals surface area contributed by atoms with Gasteiger partial charge in [0, 0.05) is 6.42 Å². The number of carbonyl (C=O) groups excluding carboxylic acids is 4. The van der Waals surface area contributed by atoms with Crippen LogP contribution in [0.2, 0.25) is 0 Å². The SMILES string of the molecule is CCOC(=O)[C@H](Cc1ccccc1)NC(=O)CNC(=O)[C@@H](C)NC(=O)OCc1ccccc1. The molecule has 2 rings (SSSR count). The van der Waals surface area contributed by atoms with Crippen LogP contribution in [0, 0.1) is 0 Å². The predicted octanol–water partition coefficient (Wildman–Crippen LogP) is 1.71. The molecule has 0 aliphatic rings. The van der Waals surface area contributed by atoms with Crippen LogP contribution in [0.1, 0.15) is 25.0 Å². The summed E-state index contributed by atoms with van der Waals surface area (Å²) in [6, 6.07) is 16.5. The fourth-order valence-corrected chi connectivity index (χ4v) is 2.86. The van der Waals surface area contributed by atoms with Gasteiger partial charge in [-0.15, -0.1) is 0 Å². The van der Waals surface area contributed by atoms with E-state index in [0.717, 1.165) is 11.1 Å². The average Bonchev–Trinajstić information content (AvgIpc) is 2.82. The van der Waals surface area contributed by atoms with Gasteiger partial charge >= 0.3 is 12.1 Å². The normalized spacial score (nSPS) is 12.1. The summed E-state index contributed by atoms with van der Waals surface area (Å²) in [6.45, 7) is 3.03. The Morgan fingerprint density at radius 2 is 1.45 bits per heavy atom. The molecule has 3 N–H and O–H groups in total. The molecule has 2 atom stereocenters. The summed E-state index contributed by atoms with van der Waals surface area (Å²) in [7, 11) is 0. The lowest BCUT2D eigenvalue weighted by atomic mass is 10.1. The molecule has 0 saturated carbocycles. The summed E-state index contributed by atoms with van der Waals surface area (Å²) in [6.07, 6.45) is -0.499. The molecule has 2 aromatic rings. The first-order valence-corrected chi connectivity index (χ1v) is 10.6. The zero-order chi connectivity index (χ0) is 24.1. The van der Waals surface area contributed by atoms with Gasteiger partial charge in [0.15, 0.2) is 0 Å². The Morgan fingerprint density at radius 1 is 0.848 bits per heavy atom. The van der Waals surface area contributed by atoms with Crippen molar-refractivity contribution in [2.24, 2.45) is 0 Å². The quantitative estimate of drug-likeness (QED) is 0.444. The molecule has 2 aromatic carbocycles. The van der Waals surface area contributed by atoms with Crippen molar-refractivity contribution in [1.82, 2.24) is 16.0 Å². The van der Waals surface area contributed by atoms with Crippen LogP contribution in [0.15, 0.2) is 60.7 Å². The number of hydrogen-bond acceptors (Lipinski definition) is 6. The third-order valence-electron chi connectivity index (χ3n) is 4.55. The van der Waals surface area contributed by atoms with Gasteiger partial charge in [0.25, 0.3) is 0 Å². The fourth-order valence-electron chi connectivity index (χ4n) is 2.86. The van der Waals surface area contributed by atoms with Crippen LogP contribution >= 0.6 is 0 Å². The predicted molar refractivity (Wildman–Crippen MR) is 121 cm³/mol. The van der Waals surface area contributed by atoms with E-state index in [9.17, 15) is 19.2 Å². The molecular formula is C24H29N3O6. The minimum Gasteiger partial charge on any atom is -0.464 e. The Morgan fingerprint density at radius 3 is 2.06 bits per heavy atom. The highest BCUT2D eigenvalue weighted by atomic mass is 16.5. The molecule has 0 bridgehead atoms. The van der Waals surface area contributed by atoms with Crippen molar-refractivity contribution >= 4 is 23.9 Å². The van der Waals surface area contributed by atoms with Crippen LogP contribution in [-0.2, 0) is 36.9 Å². The molecule has 3 amide bonds. The number of rotatable bonds is 11. The number of carbonyl (C=O) groups is 4. The highest BCUT2D eigenvalue weighted by molar-refractivity contribution is 5.90. The van der Waals surface area contributed by atoms with Crippen molar-refractivity contribution in [3.8, 4) is 0 Å². The number of esters is 1. The maximum absolute atomic E-state index is 12.3. The van der Waals surface area contributed by atoms with E-state index in [1.54, 1.807) is 6.92 Å². The molecular weight excluding hydrogens is 426 g/mol. The minimum absolute atomic E-state index is 0.0695. The minimum atomic E-state index is -0.925. The average molecular weight is 456 g/mol. The highest BCUT2D eigenvalue weighted by Crippen LogP contribution is 2.05. The van der Waals surface area contributed by atoms with E-state index in [1.807, 2.05) is 60.7 Å². The largest absolute Gasteiger partial charge is 0.464 e. The van der Waals surface area contributed by atoms with E-state index >= 15 is 0 Å². The second-order valence-electron chi connectivity index (χ2n) is 7.21. The molecule has 33 heavy (non-hydrogen) atoms. The molecule has 0 aliphatic heterocycles. The Labute approximate surface area is 192 Å². The number of benzene rings is 2. The van der Waals surface area contributed by atoms with Crippen molar-refractivity contribution in [1.29, 1.82) is 0 Å². The first-order chi connectivity index (χ1) is 15.9. The van der Waals surface area contributed by atoms with Gasteiger partial charge in [0.2, 0.25) is 11.8 Å². The maximum Gasteiger partial charge on any atom is 0.408 e. The molecule has 9 nitrogen and oxygen atoms in total. The molecule has 0 fully saturated rings. The van der Waals surface area contributed by atoms with Crippen molar-refractivity contribution in [2.75, 3.05) is 13.2 Å². The van der Waals surface area contributed by atoms with Gasteiger partial charge in [0.1, 0.15) is 18.7 Å². The number of amides is 3. The van der Waals surface area contributed by atoms with E-state index < -0.39 is 36.0 Å². The molecule has 0 heterocycles. The summed E-state index contributed by atoms with van der Waals surface area (Å²) in [4.78, 5) is 48.6. The van der Waals surface area contributed by atoms with Crippen molar-refractivity contribution < 1.29 is 28.7 Å². The molecule has 0 unspecified atom stereocenters. The van der Waals surface area contributed by atoms with Gasteiger partial charge in [-0.05, 0) is 25.0 Å². The summed E-state index contributed by atoms with van der Waals surface area (Å²) < 4.78 is 10.1. The van der Waals surface area contributed by atoms with Crippen molar-refractivity contribution in [3.05, 3.63) is 71.8 Å². The highest BCUT2D eigenvalue weighted by Gasteiger charge is 2.23. The Balaban J connectivity index is 1.78. The third kappa shape index (κ3) is 9.42. The van der Waals surface area contributed by atoms with Gasteiger partial charge in [-0.2, -0.15) is 0 Å². The second kappa shape index (κ2) is 13.5. The molecule has 9 heteroatoms. The van der Waals surface area contributed by atoms with Crippen LogP contribution in [0.25, 0.3) is 0 Å². The lowest BCUT2D eigenvalue weighted by Crippen LogP contribution is -2.50. The van der Waals surface area contributed by atoms with Crippen LogP contribution < -0.4 is 16.0 Å². The van der Waals surface area contributed by atoms with E-state index in [1.165, 1.54) is 6.92 Å². The number of hydrogen-bond donors (Lipinski definition) is 3. The summed E-state index contributed by atoms with van der Waals surface area (Å²) in [5.41, 5.74) is 1.67. The monoisotopic (exact) mass is 455 g/mol.